The van der Waals surface area contributed by atoms with Crippen molar-refractivity contribution in [2.75, 3.05) is 6.54 Å². The van der Waals surface area contributed by atoms with Crippen molar-refractivity contribution in [3.05, 3.63) is 0 Å². The summed E-state index contributed by atoms with van der Waals surface area (Å²) >= 11 is 0. The summed E-state index contributed by atoms with van der Waals surface area (Å²) in [6.07, 6.45) is 7.78. The van der Waals surface area contributed by atoms with Crippen LogP contribution >= 0.6 is 0 Å². The van der Waals surface area contributed by atoms with E-state index in [1.165, 1.54) is 38.5 Å². The van der Waals surface area contributed by atoms with Crippen LogP contribution in [0, 0.1) is 5.92 Å². The van der Waals surface area contributed by atoms with Crippen LogP contribution < -0.4 is 0 Å². The summed E-state index contributed by atoms with van der Waals surface area (Å²) in [4.78, 5) is 2.26. The molecule has 0 saturated heterocycles. The van der Waals surface area contributed by atoms with Crippen LogP contribution in [0.5, 0.6) is 0 Å². The number of aliphatic hydroxyl groups is 1. The first kappa shape index (κ1) is 13.0. The van der Waals surface area contributed by atoms with Gasteiger partial charge in [0, 0.05) is 6.04 Å². The zero-order valence-corrected chi connectivity index (χ0v) is 10.6. The van der Waals surface area contributed by atoms with Crippen molar-refractivity contribution in [1.29, 1.82) is 0 Å². The van der Waals surface area contributed by atoms with Crippen molar-refractivity contribution in [3.63, 3.8) is 0 Å². The predicted molar refractivity (Wildman–Crippen MR) is 64.7 cm³/mol. The van der Waals surface area contributed by atoms with E-state index in [1.807, 2.05) is 6.92 Å². The molecule has 1 saturated carbocycles. The van der Waals surface area contributed by atoms with Gasteiger partial charge >= 0.3 is 0 Å². The molecule has 0 amide bonds. The molecule has 1 rings (SSSR count). The minimum atomic E-state index is -0.290. The Bertz CT molecular complexity index is 170. The highest BCUT2D eigenvalue weighted by Gasteiger charge is 2.26. The Morgan fingerprint density at radius 3 is 2.33 bits per heavy atom. The molecule has 3 atom stereocenters. The van der Waals surface area contributed by atoms with Gasteiger partial charge in [0.25, 0.3) is 0 Å². The van der Waals surface area contributed by atoms with Crippen molar-refractivity contribution >= 4 is 0 Å². The first-order valence-electron chi connectivity index (χ1n) is 6.60. The van der Waals surface area contributed by atoms with E-state index in [0.29, 0.717) is 6.04 Å². The summed E-state index contributed by atoms with van der Waals surface area (Å²) < 4.78 is 0. The molecule has 3 unspecified atom stereocenters. The fraction of sp³-hybridized carbons (Fsp3) is 1.00. The monoisotopic (exact) mass is 213 g/mol. The van der Waals surface area contributed by atoms with Crippen LogP contribution in [-0.4, -0.2) is 28.8 Å². The van der Waals surface area contributed by atoms with Gasteiger partial charge in [-0.1, -0.05) is 39.5 Å². The molecule has 0 bridgehead atoms. The zero-order valence-electron chi connectivity index (χ0n) is 10.6. The highest BCUT2D eigenvalue weighted by molar-refractivity contribution is 4.78. The summed E-state index contributed by atoms with van der Waals surface area (Å²) in [5.41, 5.74) is 0. The van der Waals surface area contributed by atoms with Crippen LogP contribution in [0.25, 0.3) is 0 Å². The van der Waals surface area contributed by atoms with E-state index in [-0.39, 0.29) is 6.23 Å². The van der Waals surface area contributed by atoms with Crippen molar-refractivity contribution in [3.8, 4) is 0 Å². The molecule has 0 aromatic carbocycles. The fourth-order valence-corrected chi connectivity index (χ4v) is 2.92. The number of hydrogen-bond acceptors (Lipinski definition) is 2. The third-order valence-electron chi connectivity index (χ3n) is 3.84. The minimum absolute atomic E-state index is 0.290. The lowest BCUT2D eigenvalue weighted by Crippen LogP contribution is -2.45. The lowest BCUT2D eigenvalue weighted by atomic mass is 9.87. The van der Waals surface area contributed by atoms with Gasteiger partial charge < -0.3 is 5.11 Å². The van der Waals surface area contributed by atoms with E-state index in [4.69, 9.17) is 0 Å². The Morgan fingerprint density at radius 2 is 1.80 bits per heavy atom. The molecule has 1 N–H and O–H groups in total. The Hall–Kier alpha value is -0.0800. The van der Waals surface area contributed by atoms with Gasteiger partial charge in [0.05, 0.1) is 0 Å². The standard InChI is InChI=1S/C13H27NO/c1-4-14(12(3)15)13-10-8-6-5-7-9-11(13)2/h11-13,15H,4-10H2,1-3H3. The minimum Gasteiger partial charge on any atom is -0.379 e. The highest BCUT2D eigenvalue weighted by Crippen LogP contribution is 2.27. The number of nitrogens with zero attached hydrogens (tertiary/aromatic N) is 1. The molecule has 2 heteroatoms. The van der Waals surface area contributed by atoms with Crippen LogP contribution in [0.4, 0.5) is 0 Å². The first-order chi connectivity index (χ1) is 7.16. The van der Waals surface area contributed by atoms with Crippen molar-refractivity contribution in [2.24, 2.45) is 5.92 Å². The molecule has 15 heavy (non-hydrogen) atoms. The van der Waals surface area contributed by atoms with E-state index in [2.05, 4.69) is 18.7 Å². The number of aliphatic hydroxyl groups excluding tert-OH is 1. The number of hydrogen-bond donors (Lipinski definition) is 1. The summed E-state index contributed by atoms with van der Waals surface area (Å²) in [6.45, 7) is 7.36. The Labute approximate surface area is 94.7 Å². The number of rotatable bonds is 3. The van der Waals surface area contributed by atoms with Crippen LogP contribution in [0.3, 0.4) is 0 Å². The van der Waals surface area contributed by atoms with Gasteiger partial charge in [-0.2, -0.15) is 0 Å². The summed E-state index contributed by atoms with van der Waals surface area (Å²) in [7, 11) is 0. The van der Waals surface area contributed by atoms with Crippen LogP contribution in [0.15, 0.2) is 0 Å². The second kappa shape index (κ2) is 6.49. The van der Waals surface area contributed by atoms with E-state index in [9.17, 15) is 5.11 Å². The van der Waals surface area contributed by atoms with E-state index in [0.717, 1.165) is 12.5 Å². The third kappa shape index (κ3) is 3.76. The Morgan fingerprint density at radius 1 is 1.20 bits per heavy atom. The van der Waals surface area contributed by atoms with Crippen molar-refractivity contribution in [1.82, 2.24) is 4.90 Å². The maximum Gasteiger partial charge on any atom is 0.104 e. The van der Waals surface area contributed by atoms with Gasteiger partial charge in [0.15, 0.2) is 0 Å². The molecule has 0 aliphatic heterocycles. The third-order valence-corrected chi connectivity index (χ3v) is 3.84. The summed E-state index contributed by atoms with van der Waals surface area (Å²) in [5, 5.41) is 9.77. The van der Waals surface area contributed by atoms with Crippen LogP contribution in [-0.2, 0) is 0 Å². The van der Waals surface area contributed by atoms with Crippen molar-refractivity contribution < 1.29 is 5.11 Å². The molecule has 0 heterocycles. The summed E-state index contributed by atoms with van der Waals surface area (Å²) in [5.74, 6) is 0.736. The lowest BCUT2D eigenvalue weighted by Gasteiger charge is -2.38. The van der Waals surface area contributed by atoms with E-state index < -0.39 is 0 Å². The zero-order chi connectivity index (χ0) is 11.3. The van der Waals surface area contributed by atoms with Gasteiger partial charge in [-0.25, -0.2) is 0 Å². The molecule has 0 spiro atoms. The average Bonchev–Trinajstić information content (AvgIpc) is 2.17. The molecule has 0 aromatic rings. The maximum atomic E-state index is 9.77. The molecule has 0 aromatic heterocycles. The quantitative estimate of drug-likeness (QED) is 0.729. The Balaban J connectivity index is 2.60. The molecule has 1 fully saturated rings. The largest absolute Gasteiger partial charge is 0.379 e. The molecule has 90 valence electrons. The smallest absolute Gasteiger partial charge is 0.104 e. The lowest BCUT2D eigenvalue weighted by molar-refractivity contribution is -0.0293. The predicted octanol–water partition coefficient (Wildman–Crippen LogP) is 3.01. The first-order valence-corrected chi connectivity index (χ1v) is 6.60. The molecule has 2 nitrogen and oxygen atoms in total. The van der Waals surface area contributed by atoms with Gasteiger partial charge in [-0.3, -0.25) is 4.90 Å². The van der Waals surface area contributed by atoms with Gasteiger partial charge in [0.2, 0.25) is 0 Å². The SMILES string of the molecule is CCN(C(C)O)C1CCCCCCC1C. The van der Waals surface area contributed by atoms with E-state index in [1.54, 1.807) is 0 Å². The highest BCUT2D eigenvalue weighted by atomic mass is 16.3. The van der Waals surface area contributed by atoms with Crippen molar-refractivity contribution in [2.45, 2.75) is 71.6 Å². The second-order valence-corrected chi connectivity index (χ2v) is 5.00. The van der Waals surface area contributed by atoms with E-state index >= 15 is 0 Å². The Kier molecular flexibility index (Phi) is 5.62. The van der Waals surface area contributed by atoms with Crippen LogP contribution in [0.2, 0.25) is 0 Å². The molecule has 0 radical (unpaired) electrons. The maximum absolute atomic E-state index is 9.77. The van der Waals surface area contributed by atoms with Gasteiger partial charge in [-0.05, 0) is 32.2 Å². The molecule has 1 aliphatic carbocycles. The fourth-order valence-electron chi connectivity index (χ4n) is 2.92. The van der Waals surface area contributed by atoms with Gasteiger partial charge in [0.1, 0.15) is 6.23 Å². The van der Waals surface area contributed by atoms with Gasteiger partial charge in [-0.15, -0.1) is 0 Å². The van der Waals surface area contributed by atoms with Crippen LogP contribution in [0.1, 0.15) is 59.3 Å². The normalized spacial score (nSPS) is 31.0. The average molecular weight is 213 g/mol. The summed E-state index contributed by atoms with van der Waals surface area (Å²) in [6, 6.07) is 0.593. The molecular weight excluding hydrogens is 186 g/mol. The topological polar surface area (TPSA) is 23.5 Å². The molecular formula is C13H27NO. The second-order valence-electron chi connectivity index (χ2n) is 5.00. The molecule has 1 aliphatic rings.